The first kappa shape index (κ1) is 15.5. The molecule has 4 N–H and O–H groups in total. The highest BCUT2D eigenvalue weighted by atomic mass is 16.7. The molecule has 2 saturated heterocycles. The topological polar surface area (TPSA) is 117 Å². The van der Waals surface area contributed by atoms with E-state index in [-0.39, 0.29) is 6.61 Å². The first-order valence-electron chi connectivity index (χ1n) is 6.44. The summed E-state index contributed by atoms with van der Waals surface area (Å²) in [5, 5.41) is 31.8. The Kier molecular flexibility index (Phi) is 3.96. The molecule has 0 aliphatic carbocycles. The molecule has 0 unspecified atom stereocenters. The summed E-state index contributed by atoms with van der Waals surface area (Å²) in [6.45, 7) is 4.58. The minimum absolute atomic E-state index is 0.0567. The predicted molar refractivity (Wildman–Crippen MR) is 65.8 cm³/mol. The number of hydrogen-bond acceptors (Lipinski definition) is 7. The zero-order valence-corrected chi connectivity index (χ0v) is 11.7. The Morgan fingerprint density at radius 3 is 2.65 bits per heavy atom. The first-order chi connectivity index (χ1) is 9.18. The Hall–Kier alpha value is -0.930. The molecule has 0 radical (unpaired) electrons. The van der Waals surface area contributed by atoms with E-state index in [1.165, 1.54) is 0 Å². The maximum atomic E-state index is 11.7. The molecule has 2 aliphatic rings. The second-order valence-electron chi connectivity index (χ2n) is 6.13. The van der Waals surface area contributed by atoms with Crippen molar-refractivity contribution in [3.8, 4) is 0 Å². The largest absolute Gasteiger partial charge is 0.444 e. The van der Waals surface area contributed by atoms with Gasteiger partial charge in [0.1, 0.15) is 29.5 Å². The lowest BCUT2D eigenvalue weighted by atomic mass is 9.88. The number of amides is 1. The van der Waals surface area contributed by atoms with Gasteiger partial charge in [-0.25, -0.2) is 4.79 Å². The smallest absolute Gasteiger partial charge is 0.408 e. The molecule has 1 amide bonds. The van der Waals surface area contributed by atoms with Crippen molar-refractivity contribution in [3.05, 3.63) is 0 Å². The summed E-state index contributed by atoms with van der Waals surface area (Å²) in [4.78, 5) is 11.7. The minimum Gasteiger partial charge on any atom is -0.444 e. The van der Waals surface area contributed by atoms with Gasteiger partial charge < -0.3 is 34.8 Å². The lowest BCUT2D eigenvalue weighted by molar-refractivity contribution is -0.232. The highest BCUT2D eigenvalue weighted by molar-refractivity contribution is 5.68. The predicted octanol–water partition coefficient (Wildman–Crippen LogP) is -1.28. The van der Waals surface area contributed by atoms with Gasteiger partial charge in [-0.3, -0.25) is 0 Å². The summed E-state index contributed by atoms with van der Waals surface area (Å²) >= 11 is 0. The third-order valence-corrected chi connectivity index (χ3v) is 3.32. The van der Waals surface area contributed by atoms with Crippen molar-refractivity contribution in [1.29, 1.82) is 0 Å². The second kappa shape index (κ2) is 5.12. The number of alkyl carbamates (subject to hydrolysis) is 1. The van der Waals surface area contributed by atoms with E-state index >= 15 is 0 Å². The molecule has 2 rings (SSSR count). The zero-order valence-electron chi connectivity index (χ0n) is 11.7. The van der Waals surface area contributed by atoms with Crippen LogP contribution in [0, 0.1) is 0 Å². The molecular weight excluding hydrogens is 270 g/mol. The molecule has 0 saturated carbocycles. The number of fused-ring (bicyclic) bond motifs is 2. The summed E-state index contributed by atoms with van der Waals surface area (Å²) in [6, 6.07) is -0.970. The van der Waals surface area contributed by atoms with E-state index in [0.717, 1.165) is 0 Å². The Bertz CT molecular complexity index is 382. The molecule has 2 fully saturated rings. The van der Waals surface area contributed by atoms with Crippen molar-refractivity contribution < 1.29 is 34.3 Å². The van der Waals surface area contributed by atoms with E-state index < -0.39 is 48.4 Å². The second-order valence-corrected chi connectivity index (χ2v) is 6.13. The van der Waals surface area contributed by atoms with Gasteiger partial charge in [0.2, 0.25) is 0 Å². The van der Waals surface area contributed by atoms with Gasteiger partial charge in [0.05, 0.1) is 13.2 Å². The molecule has 2 aliphatic heterocycles. The summed E-state index contributed by atoms with van der Waals surface area (Å²) in [5.74, 6) is 0. The molecule has 0 aromatic heterocycles. The van der Waals surface area contributed by atoms with Crippen LogP contribution in [0.3, 0.4) is 0 Å². The number of carbonyl (C=O) groups is 1. The molecule has 2 heterocycles. The van der Waals surface area contributed by atoms with Crippen molar-refractivity contribution >= 4 is 6.09 Å². The molecular formula is C12H21NO7. The van der Waals surface area contributed by atoms with Gasteiger partial charge in [-0.1, -0.05) is 0 Å². The molecule has 0 aromatic carbocycles. The van der Waals surface area contributed by atoms with E-state index in [0.29, 0.717) is 0 Å². The molecule has 5 atom stereocenters. The van der Waals surface area contributed by atoms with Crippen molar-refractivity contribution in [2.45, 2.75) is 56.5 Å². The van der Waals surface area contributed by atoms with Gasteiger partial charge in [-0.2, -0.15) is 0 Å². The molecule has 20 heavy (non-hydrogen) atoms. The number of hydrogen-bond donors (Lipinski definition) is 4. The zero-order chi connectivity index (χ0) is 15.1. The normalized spacial score (nSPS) is 40.5. The van der Waals surface area contributed by atoms with E-state index in [2.05, 4.69) is 5.32 Å². The standard InChI is InChI=1S/C12H21NO7/c1-11(2,3)20-10(17)13-6-7(15)8(16)12(4-14)5-18-9(6)19-12/h6-9,14-16H,4-5H2,1-3H3,(H,13,17)/t6-,7-,8-,9+,12+/m1/s1. The van der Waals surface area contributed by atoms with Crippen LogP contribution in [0.15, 0.2) is 0 Å². The lowest BCUT2D eigenvalue weighted by Crippen LogP contribution is -2.66. The highest BCUT2D eigenvalue weighted by Crippen LogP contribution is 2.36. The van der Waals surface area contributed by atoms with E-state index in [1.807, 2.05) is 0 Å². The molecule has 8 nitrogen and oxygen atoms in total. The van der Waals surface area contributed by atoms with Gasteiger partial charge in [0, 0.05) is 0 Å². The Labute approximate surface area is 116 Å². The Balaban J connectivity index is 2.05. The number of carbonyl (C=O) groups excluding carboxylic acids is 1. The maximum absolute atomic E-state index is 11.7. The molecule has 116 valence electrons. The third-order valence-electron chi connectivity index (χ3n) is 3.32. The van der Waals surface area contributed by atoms with Crippen LogP contribution in [0.1, 0.15) is 20.8 Å². The summed E-state index contributed by atoms with van der Waals surface area (Å²) in [5.41, 5.74) is -2.02. The van der Waals surface area contributed by atoms with E-state index in [9.17, 15) is 20.1 Å². The minimum atomic E-state index is -1.37. The number of aliphatic hydroxyl groups is 3. The van der Waals surface area contributed by atoms with Crippen LogP contribution in [0.4, 0.5) is 4.79 Å². The average molecular weight is 291 g/mol. The average Bonchev–Trinajstić information content (AvgIpc) is 2.73. The fraction of sp³-hybridized carbons (Fsp3) is 0.917. The Morgan fingerprint density at radius 1 is 1.45 bits per heavy atom. The van der Waals surface area contributed by atoms with Crippen LogP contribution >= 0.6 is 0 Å². The van der Waals surface area contributed by atoms with Gasteiger partial charge in [-0.15, -0.1) is 0 Å². The van der Waals surface area contributed by atoms with Gasteiger partial charge in [-0.05, 0) is 20.8 Å². The van der Waals surface area contributed by atoms with Crippen LogP contribution in [0.5, 0.6) is 0 Å². The maximum Gasteiger partial charge on any atom is 0.408 e. The van der Waals surface area contributed by atoms with Crippen molar-refractivity contribution in [3.63, 3.8) is 0 Å². The van der Waals surface area contributed by atoms with E-state index in [4.69, 9.17) is 14.2 Å². The number of nitrogens with one attached hydrogen (secondary N) is 1. The molecule has 2 bridgehead atoms. The van der Waals surface area contributed by atoms with Crippen LogP contribution in [0.25, 0.3) is 0 Å². The fourth-order valence-electron chi connectivity index (χ4n) is 2.30. The number of rotatable bonds is 2. The van der Waals surface area contributed by atoms with E-state index in [1.54, 1.807) is 20.8 Å². The van der Waals surface area contributed by atoms with Gasteiger partial charge >= 0.3 is 6.09 Å². The molecule has 0 aromatic rings. The summed E-state index contributed by atoms with van der Waals surface area (Å²) in [7, 11) is 0. The van der Waals surface area contributed by atoms with Crippen LogP contribution in [-0.4, -0.2) is 70.4 Å². The monoisotopic (exact) mass is 291 g/mol. The Morgan fingerprint density at radius 2 is 2.10 bits per heavy atom. The van der Waals surface area contributed by atoms with Crippen molar-refractivity contribution in [2.75, 3.05) is 13.2 Å². The number of aliphatic hydroxyl groups excluding tert-OH is 3. The van der Waals surface area contributed by atoms with Crippen LogP contribution < -0.4 is 5.32 Å². The summed E-state index contributed by atoms with van der Waals surface area (Å²) in [6.07, 6.45) is -4.38. The fourth-order valence-corrected chi connectivity index (χ4v) is 2.30. The lowest BCUT2D eigenvalue weighted by Gasteiger charge is -2.41. The quantitative estimate of drug-likeness (QED) is 0.500. The van der Waals surface area contributed by atoms with Crippen molar-refractivity contribution in [1.82, 2.24) is 5.32 Å². The summed E-state index contributed by atoms with van der Waals surface area (Å²) < 4.78 is 15.8. The van der Waals surface area contributed by atoms with Crippen LogP contribution in [-0.2, 0) is 14.2 Å². The third kappa shape index (κ3) is 2.75. The SMILES string of the molecule is CC(C)(C)OC(=O)N[C@H]1[C@H]2OC[C@](CO)(O2)[C@H](O)[C@@H]1O. The number of ether oxygens (including phenoxy) is 3. The highest BCUT2D eigenvalue weighted by Gasteiger charge is 2.59. The molecule has 8 heteroatoms. The van der Waals surface area contributed by atoms with Gasteiger partial charge in [0.25, 0.3) is 0 Å². The first-order valence-corrected chi connectivity index (χ1v) is 6.44. The van der Waals surface area contributed by atoms with Crippen LogP contribution in [0.2, 0.25) is 0 Å². The van der Waals surface area contributed by atoms with Gasteiger partial charge in [0.15, 0.2) is 6.29 Å². The van der Waals surface area contributed by atoms with Crippen molar-refractivity contribution in [2.24, 2.45) is 0 Å². The molecule has 0 spiro atoms.